The van der Waals surface area contributed by atoms with E-state index in [-0.39, 0.29) is 16.9 Å². The van der Waals surface area contributed by atoms with Crippen molar-refractivity contribution in [3.05, 3.63) is 90.5 Å². The predicted octanol–water partition coefficient (Wildman–Crippen LogP) is 5.31. The summed E-state index contributed by atoms with van der Waals surface area (Å²) in [6.07, 6.45) is 3.63. The quantitative estimate of drug-likeness (QED) is 0.385. The molecule has 0 aliphatic carbocycles. The van der Waals surface area contributed by atoms with Crippen LogP contribution < -0.4 is 0 Å². The summed E-state index contributed by atoms with van der Waals surface area (Å²) in [5.74, 6) is -0.130. The lowest BCUT2D eigenvalue weighted by Gasteiger charge is -2.25. The van der Waals surface area contributed by atoms with Crippen LogP contribution in [0.2, 0.25) is 0 Å². The van der Waals surface area contributed by atoms with Crippen molar-refractivity contribution >= 4 is 16.9 Å². The Morgan fingerprint density at radius 1 is 0.733 bits per heavy atom. The first kappa shape index (κ1) is 20.7. The molecule has 0 unspecified atom stereocenters. The van der Waals surface area contributed by atoms with E-state index in [4.69, 9.17) is 4.74 Å². The zero-order valence-electron chi connectivity index (χ0n) is 17.2. The summed E-state index contributed by atoms with van der Waals surface area (Å²) in [4.78, 5) is 18.2. The van der Waals surface area contributed by atoms with Gasteiger partial charge in [-0.2, -0.15) is 0 Å². The van der Waals surface area contributed by atoms with Crippen LogP contribution in [0.15, 0.2) is 99.6 Å². The van der Waals surface area contributed by atoms with Crippen LogP contribution in [0, 0.1) is 0 Å². The van der Waals surface area contributed by atoms with Gasteiger partial charge in [-0.25, -0.2) is 0 Å². The molecule has 4 rings (SSSR count). The van der Waals surface area contributed by atoms with E-state index in [9.17, 15) is 4.79 Å². The maximum Gasteiger partial charge on any atom is 0.320 e. The van der Waals surface area contributed by atoms with Gasteiger partial charge < -0.3 is 4.74 Å². The zero-order valence-corrected chi connectivity index (χ0v) is 18.0. The normalized spacial score (nSPS) is 14.6. The number of benzene rings is 3. The van der Waals surface area contributed by atoms with E-state index in [1.54, 1.807) is 0 Å². The number of carbonyl (C=O) groups excluding carboxylic acids is 1. The average molecular weight is 419 g/mol. The first-order valence-electron chi connectivity index (χ1n) is 10.6. The van der Waals surface area contributed by atoms with Crippen molar-refractivity contribution in [2.45, 2.75) is 40.6 Å². The number of hydrogen-bond acceptors (Lipinski definition) is 3. The SMILES string of the molecule is O=C(CN1CCCCC1)OCc1ccc([S+](c2ccccc2)c2ccccc2)cc1. The van der Waals surface area contributed by atoms with Crippen molar-refractivity contribution in [3.63, 3.8) is 0 Å². The summed E-state index contributed by atoms with van der Waals surface area (Å²) in [5, 5.41) is 0. The van der Waals surface area contributed by atoms with Crippen LogP contribution in [0.3, 0.4) is 0 Å². The Morgan fingerprint density at radius 2 is 1.27 bits per heavy atom. The van der Waals surface area contributed by atoms with Crippen molar-refractivity contribution in [1.82, 2.24) is 4.90 Å². The molecule has 3 aromatic rings. The van der Waals surface area contributed by atoms with Crippen molar-refractivity contribution in [1.29, 1.82) is 0 Å². The minimum atomic E-state index is -0.155. The van der Waals surface area contributed by atoms with Crippen LogP contribution in [0.5, 0.6) is 0 Å². The standard InChI is InChI=1S/C26H28NO2S/c28-26(20-27-18-8-3-9-19-27)29-21-22-14-16-25(17-15-22)30(23-10-4-1-5-11-23)24-12-6-2-7-13-24/h1-2,4-7,10-17H,3,8-9,18-21H2/q+1. The Hall–Kier alpha value is -2.56. The molecule has 3 nitrogen and oxygen atoms in total. The molecule has 0 atom stereocenters. The molecule has 1 saturated heterocycles. The van der Waals surface area contributed by atoms with Gasteiger partial charge in [0.2, 0.25) is 0 Å². The predicted molar refractivity (Wildman–Crippen MR) is 122 cm³/mol. The van der Waals surface area contributed by atoms with Gasteiger partial charge in [0.25, 0.3) is 0 Å². The van der Waals surface area contributed by atoms with Gasteiger partial charge >= 0.3 is 5.97 Å². The van der Waals surface area contributed by atoms with Crippen LogP contribution in [0.4, 0.5) is 0 Å². The van der Waals surface area contributed by atoms with E-state index in [1.807, 2.05) is 0 Å². The number of hydrogen-bond donors (Lipinski definition) is 0. The highest BCUT2D eigenvalue weighted by Crippen LogP contribution is 2.31. The average Bonchev–Trinajstić information content (AvgIpc) is 2.81. The second kappa shape index (κ2) is 10.5. The molecule has 0 amide bonds. The Bertz CT molecular complexity index is 883. The van der Waals surface area contributed by atoms with Crippen LogP contribution in [0.1, 0.15) is 24.8 Å². The van der Waals surface area contributed by atoms with Crippen molar-refractivity contribution in [3.8, 4) is 0 Å². The maximum atomic E-state index is 12.2. The van der Waals surface area contributed by atoms with E-state index < -0.39 is 0 Å². The van der Waals surface area contributed by atoms with Crippen LogP contribution in [0.25, 0.3) is 0 Å². The van der Waals surface area contributed by atoms with Crippen LogP contribution in [-0.2, 0) is 27.0 Å². The van der Waals surface area contributed by atoms with Crippen molar-refractivity contribution in [2.24, 2.45) is 0 Å². The van der Waals surface area contributed by atoms with Gasteiger partial charge in [0, 0.05) is 0 Å². The van der Waals surface area contributed by atoms with E-state index in [2.05, 4.69) is 89.8 Å². The summed E-state index contributed by atoms with van der Waals surface area (Å²) in [7, 11) is -0.155. The molecule has 0 saturated carbocycles. The molecule has 0 aromatic heterocycles. The largest absolute Gasteiger partial charge is 0.460 e. The molecule has 30 heavy (non-hydrogen) atoms. The van der Waals surface area contributed by atoms with E-state index in [0.29, 0.717) is 13.2 Å². The number of esters is 1. The lowest BCUT2D eigenvalue weighted by molar-refractivity contribution is -0.146. The summed E-state index contributed by atoms with van der Waals surface area (Å²) >= 11 is 0. The topological polar surface area (TPSA) is 29.5 Å². The Labute approximate surface area is 182 Å². The summed E-state index contributed by atoms with van der Waals surface area (Å²) < 4.78 is 5.52. The highest BCUT2D eigenvalue weighted by Gasteiger charge is 2.28. The number of piperidine rings is 1. The lowest BCUT2D eigenvalue weighted by Crippen LogP contribution is -2.35. The summed E-state index contributed by atoms with van der Waals surface area (Å²) in [5.41, 5.74) is 1.02. The first-order chi connectivity index (χ1) is 14.8. The fourth-order valence-corrected chi connectivity index (χ4v) is 5.84. The highest BCUT2D eigenvalue weighted by molar-refractivity contribution is 7.97. The first-order valence-corrected chi connectivity index (χ1v) is 11.8. The number of carbonyl (C=O) groups is 1. The minimum Gasteiger partial charge on any atom is -0.460 e. The van der Waals surface area contributed by atoms with Gasteiger partial charge in [-0.05, 0) is 67.9 Å². The van der Waals surface area contributed by atoms with E-state index >= 15 is 0 Å². The lowest BCUT2D eigenvalue weighted by atomic mass is 10.1. The minimum absolute atomic E-state index is 0.130. The van der Waals surface area contributed by atoms with Gasteiger partial charge in [-0.1, -0.05) is 55.0 Å². The molecular formula is C26H28NO2S+. The molecular weight excluding hydrogens is 390 g/mol. The summed E-state index contributed by atoms with van der Waals surface area (Å²) in [6, 6.07) is 29.7. The van der Waals surface area contributed by atoms with E-state index in [1.165, 1.54) is 33.9 Å². The number of ether oxygens (including phenoxy) is 1. The number of nitrogens with zero attached hydrogens (tertiary/aromatic N) is 1. The smallest absolute Gasteiger partial charge is 0.320 e. The number of likely N-dealkylation sites (tertiary alicyclic amines) is 1. The Balaban J connectivity index is 1.42. The van der Waals surface area contributed by atoms with Crippen molar-refractivity contribution < 1.29 is 9.53 Å². The molecule has 154 valence electrons. The molecule has 0 N–H and O–H groups in total. The van der Waals surface area contributed by atoms with Gasteiger partial charge in [0.1, 0.15) is 6.61 Å². The second-order valence-electron chi connectivity index (χ2n) is 7.57. The third-order valence-corrected chi connectivity index (χ3v) is 7.55. The van der Waals surface area contributed by atoms with Crippen LogP contribution in [-0.4, -0.2) is 30.5 Å². The fourth-order valence-electron chi connectivity index (χ4n) is 3.75. The van der Waals surface area contributed by atoms with E-state index in [0.717, 1.165) is 18.7 Å². The molecule has 1 heterocycles. The Kier molecular flexibility index (Phi) is 7.22. The van der Waals surface area contributed by atoms with Crippen molar-refractivity contribution in [2.75, 3.05) is 19.6 Å². The second-order valence-corrected chi connectivity index (χ2v) is 9.60. The molecule has 1 aliphatic rings. The maximum absolute atomic E-state index is 12.2. The van der Waals surface area contributed by atoms with Gasteiger partial charge in [0.15, 0.2) is 14.7 Å². The van der Waals surface area contributed by atoms with Crippen LogP contribution >= 0.6 is 0 Å². The monoisotopic (exact) mass is 418 g/mol. The summed E-state index contributed by atoms with van der Waals surface area (Å²) in [6.45, 7) is 2.75. The third-order valence-electron chi connectivity index (χ3n) is 5.32. The fraction of sp³-hybridized carbons (Fsp3) is 0.269. The molecule has 3 aromatic carbocycles. The van der Waals surface area contributed by atoms with Gasteiger partial charge in [-0.3, -0.25) is 9.69 Å². The molecule has 1 fully saturated rings. The third kappa shape index (κ3) is 5.53. The van der Waals surface area contributed by atoms with Gasteiger partial charge in [0.05, 0.1) is 17.4 Å². The Morgan fingerprint density at radius 3 is 1.83 bits per heavy atom. The zero-order chi connectivity index (χ0) is 20.6. The van der Waals surface area contributed by atoms with Gasteiger partial charge in [-0.15, -0.1) is 0 Å². The molecule has 0 spiro atoms. The molecule has 0 bridgehead atoms. The molecule has 1 aliphatic heterocycles. The highest BCUT2D eigenvalue weighted by atomic mass is 32.2. The number of rotatable bonds is 7. The molecule has 4 heteroatoms. The molecule has 0 radical (unpaired) electrons.